The Labute approximate surface area is 115 Å². The Kier molecular flexibility index (Phi) is 5.61. The first kappa shape index (κ1) is 15.5. The molecular weight excluding hydrogens is 249 g/mol. The quantitative estimate of drug-likeness (QED) is 0.835. The van der Waals surface area contributed by atoms with Gasteiger partial charge in [0.05, 0.1) is 5.02 Å². The SMILES string of the molecule is CNC(CCC(C)(C)C)Cc1ccc(F)c(Cl)c1. The smallest absolute Gasteiger partial charge is 0.141 e. The molecule has 1 atom stereocenters. The molecule has 102 valence electrons. The molecule has 1 aromatic carbocycles. The first-order chi connectivity index (χ1) is 8.31. The van der Waals surface area contributed by atoms with E-state index in [9.17, 15) is 4.39 Å². The van der Waals surface area contributed by atoms with E-state index in [0.29, 0.717) is 11.5 Å². The van der Waals surface area contributed by atoms with Crippen LogP contribution in [0.5, 0.6) is 0 Å². The standard InChI is InChI=1S/C15H23ClFN/c1-15(2,3)8-7-12(18-4)9-11-5-6-14(17)13(16)10-11/h5-6,10,12,18H,7-9H2,1-4H3. The molecule has 0 radical (unpaired) electrons. The maximum absolute atomic E-state index is 13.1. The van der Waals surface area contributed by atoms with Crippen molar-refractivity contribution in [3.8, 4) is 0 Å². The minimum absolute atomic E-state index is 0.207. The molecule has 1 rings (SSSR count). The summed E-state index contributed by atoms with van der Waals surface area (Å²) in [5.74, 6) is -0.351. The van der Waals surface area contributed by atoms with E-state index in [2.05, 4.69) is 26.1 Å². The normalized spacial score (nSPS) is 13.7. The van der Waals surface area contributed by atoms with Crippen molar-refractivity contribution in [3.05, 3.63) is 34.6 Å². The molecule has 18 heavy (non-hydrogen) atoms. The number of rotatable bonds is 5. The molecule has 0 aromatic heterocycles. The van der Waals surface area contributed by atoms with E-state index in [4.69, 9.17) is 11.6 Å². The Morgan fingerprint density at radius 2 is 2.00 bits per heavy atom. The molecule has 1 nitrogen and oxygen atoms in total. The van der Waals surface area contributed by atoms with Crippen molar-refractivity contribution in [2.24, 2.45) is 5.41 Å². The van der Waals surface area contributed by atoms with Crippen molar-refractivity contribution in [2.75, 3.05) is 7.05 Å². The van der Waals surface area contributed by atoms with Crippen LogP contribution in [0.1, 0.15) is 39.2 Å². The van der Waals surface area contributed by atoms with Gasteiger partial charge in [-0.05, 0) is 49.4 Å². The van der Waals surface area contributed by atoms with Crippen LogP contribution in [0, 0.1) is 11.2 Å². The van der Waals surface area contributed by atoms with Crippen molar-refractivity contribution < 1.29 is 4.39 Å². The molecule has 1 N–H and O–H groups in total. The Hall–Kier alpha value is -0.600. The second kappa shape index (κ2) is 6.53. The zero-order chi connectivity index (χ0) is 13.8. The molecule has 0 aliphatic heterocycles. The van der Waals surface area contributed by atoms with E-state index in [-0.39, 0.29) is 10.8 Å². The molecule has 0 aliphatic carbocycles. The van der Waals surface area contributed by atoms with Crippen molar-refractivity contribution in [2.45, 2.75) is 46.1 Å². The first-order valence-electron chi connectivity index (χ1n) is 6.43. The summed E-state index contributed by atoms with van der Waals surface area (Å²) >= 11 is 5.79. The van der Waals surface area contributed by atoms with E-state index in [1.807, 2.05) is 13.1 Å². The van der Waals surface area contributed by atoms with E-state index in [1.54, 1.807) is 6.07 Å². The third-order valence-corrected chi connectivity index (χ3v) is 3.41. The summed E-state index contributed by atoms with van der Waals surface area (Å²) in [6.45, 7) is 6.73. The fourth-order valence-electron chi connectivity index (χ4n) is 1.91. The number of hydrogen-bond donors (Lipinski definition) is 1. The Bertz CT molecular complexity index is 385. The summed E-state index contributed by atoms with van der Waals surface area (Å²) in [4.78, 5) is 0. The van der Waals surface area contributed by atoms with Gasteiger partial charge in [-0.2, -0.15) is 0 Å². The minimum Gasteiger partial charge on any atom is -0.317 e. The fourth-order valence-corrected chi connectivity index (χ4v) is 2.11. The highest BCUT2D eigenvalue weighted by molar-refractivity contribution is 6.30. The van der Waals surface area contributed by atoms with Crippen molar-refractivity contribution in [1.29, 1.82) is 0 Å². The monoisotopic (exact) mass is 271 g/mol. The van der Waals surface area contributed by atoms with Gasteiger partial charge >= 0.3 is 0 Å². The lowest BCUT2D eigenvalue weighted by Gasteiger charge is -2.23. The Balaban J connectivity index is 2.59. The molecule has 0 saturated heterocycles. The lowest BCUT2D eigenvalue weighted by molar-refractivity contribution is 0.334. The van der Waals surface area contributed by atoms with Crippen LogP contribution in [0.3, 0.4) is 0 Å². The number of likely N-dealkylation sites (N-methyl/N-ethyl adjacent to an activating group) is 1. The van der Waals surface area contributed by atoms with Gasteiger partial charge in [-0.3, -0.25) is 0 Å². The summed E-state index contributed by atoms with van der Waals surface area (Å²) in [6, 6.07) is 5.38. The van der Waals surface area contributed by atoms with E-state index < -0.39 is 0 Å². The lowest BCUT2D eigenvalue weighted by atomic mass is 9.87. The maximum Gasteiger partial charge on any atom is 0.141 e. The van der Waals surface area contributed by atoms with Gasteiger partial charge < -0.3 is 5.32 Å². The molecule has 0 heterocycles. The summed E-state index contributed by atoms with van der Waals surface area (Å²) in [5.41, 5.74) is 1.42. The van der Waals surface area contributed by atoms with Gasteiger partial charge in [-0.25, -0.2) is 4.39 Å². The number of halogens is 2. The fraction of sp³-hybridized carbons (Fsp3) is 0.600. The first-order valence-corrected chi connectivity index (χ1v) is 6.81. The van der Waals surface area contributed by atoms with E-state index >= 15 is 0 Å². The molecule has 0 amide bonds. The highest BCUT2D eigenvalue weighted by Crippen LogP contribution is 2.23. The molecular formula is C15H23ClFN. The highest BCUT2D eigenvalue weighted by atomic mass is 35.5. The Morgan fingerprint density at radius 1 is 1.33 bits per heavy atom. The van der Waals surface area contributed by atoms with Crippen LogP contribution < -0.4 is 5.32 Å². The third-order valence-electron chi connectivity index (χ3n) is 3.12. The van der Waals surface area contributed by atoms with Gasteiger partial charge in [-0.15, -0.1) is 0 Å². The molecule has 1 unspecified atom stereocenters. The zero-order valence-corrected chi connectivity index (χ0v) is 12.4. The van der Waals surface area contributed by atoms with Crippen molar-refractivity contribution >= 4 is 11.6 Å². The molecule has 3 heteroatoms. The van der Waals surface area contributed by atoms with Crippen LogP contribution in [0.15, 0.2) is 18.2 Å². The van der Waals surface area contributed by atoms with Crippen LogP contribution in [-0.4, -0.2) is 13.1 Å². The summed E-state index contributed by atoms with van der Waals surface area (Å²) in [7, 11) is 1.97. The van der Waals surface area contributed by atoms with E-state index in [1.165, 1.54) is 6.07 Å². The van der Waals surface area contributed by atoms with Gasteiger partial charge in [0.2, 0.25) is 0 Å². The highest BCUT2D eigenvalue weighted by Gasteiger charge is 2.15. The predicted molar refractivity (Wildman–Crippen MR) is 76.7 cm³/mol. The predicted octanol–water partition coefficient (Wildman–Crippen LogP) is 4.44. The molecule has 0 spiro atoms. The van der Waals surface area contributed by atoms with Crippen LogP contribution in [0.2, 0.25) is 5.02 Å². The molecule has 0 fully saturated rings. The summed E-state index contributed by atoms with van der Waals surface area (Å²) in [6.07, 6.45) is 3.15. The number of benzene rings is 1. The molecule has 0 aliphatic rings. The van der Waals surface area contributed by atoms with Crippen LogP contribution in [-0.2, 0) is 6.42 Å². The average Bonchev–Trinajstić information content (AvgIpc) is 2.28. The number of hydrogen-bond acceptors (Lipinski definition) is 1. The van der Waals surface area contributed by atoms with Gasteiger partial charge in [0.25, 0.3) is 0 Å². The lowest BCUT2D eigenvalue weighted by Crippen LogP contribution is -2.29. The maximum atomic E-state index is 13.1. The van der Waals surface area contributed by atoms with Crippen molar-refractivity contribution in [1.82, 2.24) is 5.32 Å². The van der Waals surface area contributed by atoms with Crippen LogP contribution >= 0.6 is 11.6 Å². The van der Waals surface area contributed by atoms with Crippen LogP contribution in [0.25, 0.3) is 0 Å². The topological polar surface area (TPSA) is 12.0 Å². The van der Waals surface area contributed by atoms with Crippen molar-refractivity contribution in [3.63, 3.8) is 0 Å². The molecule has 0 bridgehead atoms. The van der Waals surface area contributed by atoms with Gasteiger partial charge in [0, 0.05) is 6.04 Å². The van der Waals surface area contributed by atoms with E-state index in [0.717, 1.165) is 24.8 Å². The third kappa shape index (κ3) is 5.36. The van der Waals surface area contributed by atoms with Crippen LogP contribution in [0.4, 0.5) is 4.39 Å². The van der Waals surface area contributed by atoms with Gasteiger partial charge in [-0.1, -0.05) is 38.4 Å². The second-order valence-corrected chi connectivity index (χ2v) is 6.44. The van der Waals surface area contributed by atoms with Gasteiger partial charge in [0.1, 0.15) is 5.82 Å². The molecule has 0 saturated carbocycles. The zero-order valence-electron chi connectivity index (χ0n) is 11.7. The average molecular weight is 272 g/mol. The molecule has 1 aromatic rings. The van der Waals surface area contributed by atoms with Gasteiger partial charge in [0.15, 0.2) is 0 Å². The second-order valence-electron chi connectivity index (χ2n) is 6.04. The summed E-state index contributed by atoms with van der Waals surface area (Å²) in [5, 5.41) is 3.53. The Morgan fingerprint density at radius 3 is 2.50 bits per heavy atom. The largest absolute Gasteiger partial charge is 0.317 e. The summed E-state index contributed by atoms with van der Waals surface area (Å²) < 4.78 is 13.1. The number of nitrogens with one attached hydrogen (secondary N) is 1. The minimum atomic E-state index is -0.351.